The molecule has 22 heavy (non-hydrogen) atoms. The van der Waals surface area contributed by atoms with Gasteiger partial charge in [-0.3, -0.25) is 4.79 Å². The summed E-state index contributed by atoms with van der Waals surface area (Å²) >= 11 is 0. The summed E-state index contributed by atoms with van der Waals surface area (Å²) in [6.45, 7) is 9.52. The van der Waals surface area contributed by atoms with Crippen LogP contribution in [0.2, 0.25) is 0 Å². The lowest BCUT2D eigenvalue weighted by atomic mass is 9.64. The van der Waals surface area contributed by atoms with E-state index < -0.39 is 0 Å². The highest BCUT2D eigenvalue weighted by atomic mass is 16.5. The molecular formula is C16H29N3O3. The predicted octanol–water partition coefficient (Wildman–Crippen LogP) is 1.49. The van der Waals surface area contributed by atoms with Crippen molar-refractivity contribution in [3.8, 4) is 0 Å². The van der Waals surface area contributed by atoms with Crippen molar-refractivity contribution >= 4 is 11.9 Å². The van der Waals surface area contributed by atoms with Crippen LogP contribution in [0.4, 0.5) is 4.79 Å². The minimum absolute atomic E-state index is 0.0380. The Morgan fingerprint density at radius 1 is 1.27 bits per heavy atom. The molecule has 0 spiro atoms. The number of hydrogen-bond donors (Lipinski definition) is 2. The summed E-state index contributed by atoms with van der Waals surface area (Å²) in [5.41, 5.74) is 5.27. The van der Waals surface area contributed by atoms with E-state index in [0.717, 1.165) is 6.42 Å². The fourth-order valence-electron chi connectivity index (χ4n) is 3.30. The maximum absolute atomic E-state index is 12.4. The zero-order valence-corrected chi connectivity index (χ0v) is 14.1. The number of urea groups is 1. The summed E-state index contributed by atoms with van der Waals surface area (Å²) in [5.74, 6) is -0.345. The van der Waals surface area contributed by atoms with Gasteiger partial charge in [0.15, 0.2) is 0 Å². The van der Waals surface area contributed by atoms with E-state index in [4.69, 9.17) is 10.5 Å². The van der Waals surface area contributed by atoms with Gasteiger partial charge in [-0.2, -0.15) is 0 Å². The Morgan fingerprint density at radius 2 is 1.86 bits per heavy atom. The molecule has 0 unspecified atom stereocenters. The molecule has 1 heterocycles. The van der Waals surface area contributed by atoms with E-state index in [1.54, 1.807) is 4.90 Å². The van der Waals surface area contributed by atoms with Crippen LogP contribution in [0.25, 0.3) is 0 Å². The molecule has 0 aromatic heterocycles. The van der Waals surface area contributed by atoms with E-state index in [0.29, 0.717) is 25.9 Å². The zero-order valence-electron chi connectivity index (χ0n) is 14.1. The maximum atomic E-state index is 12.4. The Balaban J connectivity index is 1.80. The Labute approximate surface area is 132 Å². The number of rotatable bonds is 4. The van der Waals surface area contributed by atoms with Crippen LogP contribution in [-0.4, -0.2) is 48.2 Å². The fraction of sp³-hybridized carbons (Fsp3) is 0.875. The van der Waals surface area contributed by atoms with E-state index in [1.165, 1.54) is 0 Å². The summed E-state index contributed by atoms with van der Waals surface area (Å²) in [5, 5.41) is 3.11. The molecule has 6 nitrogen and oxygen atoms in total. The molecule has 2 atom stereocenters. The molecule has 0 radical (unpaired) electrons. The highest BCUT2D eigenvalue weighted by Crippen LogP contribution is 2.43. The molecule has 0 aromatic carbocycles. The number of nitrogens with two attached hydrogens (primary N) is 1. The van der Waals surface area contributed by atoms with E-state index in [9.17, 15) is 9.59 Å². The van der Waals surface area contributed by atoms with Crippen LogP contribution in [0.15, 0.2) is 0 Å². The maximum Gasteiger partial charge on any atom is 0.317 e. The smallest absolute Gasteiger partial charge is 0.317 e. The van der Waals surface area contributed by atoms with Crippen LogP contribution in [0.1, 0.15) is 47.0 Å². The summed E-state index contributed by atoms with van der Waals surface area (Å²) in [6.07, 6.45) is 2.58. The first-order valence-electron chi connectivity index (χ1n) is 8.22. The Kier molecular flexibility index (Phi) is 5.00. The van der Waals surface area contributed by atoms with Crippen LogP contribution in [0, 0.1) is 11.3 Å². The van der Waals surface area contributed by atoms with E-state index in [1.807, 2.05) is 13.8 Å². The van der Waals surface area contributed by atoms with Gasteiger partial charge in [0.05, 0.1) is 12.2 Å². The molecule has 1 aliphatic carbocycles. The van der Waals surface area contributed by atoms with Crippen molar-refractivity contribution in [2.24, 2.45) is 17.1 Å². The molecule has 6 heteroatoms. The number of nitrogens with zero attached hydrogens (tertiary/aromatic N) is 1. The molecule has 1 saturated heterocycles. The zero-order chi connectivity index (χ0) is 16.5. The fourth-order valence-corrected chi connectivity index (χ4v) is 3.30. The number of carbonyl (C=O) groups excluding carboxylic acids is 2. The normalized spacial score (nSPS) is 28.3. The van der Waals surface area contributed by atoms with Gasteiger partial charge in [-0.1, -0.05) is 13.8 Å². The molecule has 2 rings (SSSR count). The number of carbonyl (C=O) groups is 2. The Bertz CT molecular complexity index is 428. The van der Waals surface area contributed by atoms with Crippen molar-refractivity contribution in [2.45, 2.75) is 65.2 Å². The minimum atomic E-state index is -0.256. The van der Waals surface area contributed by atoms with Crippen LogP contribution < -0.4 is 11.1 Å². The lowest BCUT2D eigenvalue weighted by molar-refractivity contribution is -0.136. The van der Waals surface area contributed by atoms with E-state index >= 15 is 0 Å². The Morgan fingerprint density at radius 3 is 2.32 bits per heavy atom. The molecule has 0 aromatic rings. The van der Waals surface area contributed by atoms with Gasteiger partial charge in [-0.15, -0.1) is 0 Å². The standard InChI is InChI=1S/C16H29N3O3/c1-10(2)22-13-9-12(16(13,3)4)18-15(21)19-7-5-11(6-8-19)14(17)20/h10-13H,5-9H2,1-4H3,(H2,17,20)(H,18,21)/t12-,13+/m1/s1. The summed E-state index contributed by atoms with van der Waals surface area (Å²) in [4.78, 5) is 25.3. The molecule has 2 aliphatic rings. The molecule has 3 amide bonds. The van der Waals surface area contributed by atoms with Gasteiger partial charge >= 0.3 is 6.03 Å². The lowest BCUT2D eigenvalue weighted by Gasteiger charge is -2.52. The molecular weight excluding hydrogens is 282 g/mol. The van der Waals surface area contributed by atoms with E-state index in [-0.39, 0.29) is 41.5 Å². The van der Waals surface area contributed by atoms with Crippen molar-refractivity contribution in [3.63, 3.8) is 0 Å². The average molecular weight is 311 g/mol. The quantitative estimate of drug-likeness (QED) is 0.825. The average Bonchev–Trinajstić information content (AvgIpc) is 2.45. The topological polar surface area (TPSA) is 84.7 Å². The first kappa shape index (κ1) is 17.1. The van der Waals surface area contributed by atoms with Crippen molar-refractivity contribution < 1.29 is 14.3 Å². The van der Waals surface area contributed by atoms with Crippen molar-refractivity contribution in [1.82, 2.24) is 10.2 Å². The van der Waals surface area contributed by atoms with Gasteiger partial charge < -0.3 is 20.7 Å². The third kappa shape index (κ3) is 3.54. The number of primary amides is 1. The minimum Gasteiger partial charge on any atom is -0.375 e. The second-order valence-electron chi connectivity index (χ2n) is 7.40. The molecule has 1 saturated carbocycles. The monoisotopic (exact) mass is 311 g/mol. The molecule has 2 fully saturated rings. The third-order valence-corrected chi connectivity index (χ3v) is 5.10. The largest absolute Gasteiger partial charge is 0.375 e. The molecule has 3 N–H and O–H groups in total. The predicted molar refractivity (Wildman–Crippen MR) is 84.2 cm³/mol. The first-order chi connectivity index (χ1) is 10.2. The number of hydrogen-bond acceptors (Lipinski definition) is 3. The van der Waals surface area contributed by atoms with Gasteiger partial charge in [0, 0.05) is 30.5 Å². The molecule has 126 valence electrons. The second-order valence-corrected chi connectivity index (χ2v) is 7.40. The van der Waals surface area contributed by atoms with Crippen molar-refractivity contribution in [2.75, 3.05) is 13.1 Å². The van der Waals surface area contributed by atoms with Gasteiger partial charge in [-0.05, 0) is 33.1 Å². The number of likely N-dealkylation sites (tertiary alicyclic amines) is 1. The first-order valence-corrected chi connectivity index (χ1v) is 8.22. The SMILES string of the molecule is CC(C)O[C@H]1C[C@@H](NC(=O)N2CCC(C(N)=O)CC2)C1(C)C. The van der Waals surface area contributed by atoms with Gasteiger partial charge in [-0.25, -0.2) is 4.79 Å². The number of nitrogens with one attached hydrogen (secondary N) is 1. The van der Waals surface area contributed by atoms with Crippen LogP contribution in [-0.2, 0) is 9.53 Å². The summed E-state index contributed by atoms with van der Waals surface area (Å²) in [7, 11) is 0. The Hall–Kier alpha value is -1.30. The highest BCUT2D eigenvalue weighted by molar-refractivity contribution is 5.78. The third-order valence-electron chi connectivity index (χ3n) is 5.10. The summed E-state index contributed by atoms with van der Waals surface area (Å²) < 4.78 is 5.88. The second kappa shape index (κ2) is 6.44. The van der Waals surface area contributed by atoms with Crippen LogP contribution in [0.5, 0.6) is 0 Å². The number of ether oxygens (including phenoxy) is 1. The van der Waals surface area contributed by atoms with Gasteiger partial charge in [0.1, 0.15) is 0 Å². The number of amides is 3. The van der Waals surface area contributed by atoms with Gasteiger partial charge in [0.25, 0.3) is 0 Å². The highest BCUT2D eigenvalue weighted by Gasteiger charge is 2.50. The number of piperidine rings is 1. The van der Waals surface area contributed by atoms with Crippen LogP contribution >= 0.6 is 0 Å². The lowest BCUT2D eigenvalue weighted by Crippen LogP contribution is -2.64. The molecule has 0 bridgehead atoms. The van der Waals surface area contributed by atoms with E-state index in [2.05, 4.69) is 19.2 Å². The van der Waals surface area contributed by atoms with Crippen molar-refractivity contribution in [3.05, 3.63) is 0 Å². The van der Waals surface area contributed by atoms with Crippen molar-refractivity contribution in [1.29, 1.82) is 0 Å². The summed E-state index contributed by atoms with van der Waals surface area (Å²) in [6, 6.07) is 0.0987. The van der Waals surface area contributed by atoms with Crippen LogP contribution in [0.3, 0.4) is 0 Å². The van der Waals surface area contributed by atoms with Gasteiger partial charge in [0.2, 0.25) is 5.91 Å². The molecule has 1 aliphatic heterocycles.